The molecule has 0 rings (SSSR count). The average molecular weight is 292 g/mol. The van der Waals surface area contributed by atoms with Crippen molar-refractivity contribution in [2.24, 2.45) is 0 Å². The molecule has 0 aromatic heterocycles. The summed E-state index contributed by atoms with van der Waals surface area (Å²) in [6.07, 6.45) is -1.55. The largest absolute Gasteiger partial charge is 0.462 e. The van der Waals surface area contributed by atoms with Crippen molar-refractivity contribution in [1.29, 1.82) is 0 Å². The molecule has 0 saturated heterocycles. The van der Waals surface area contributed by atoms with E-state index in [9.17, 15) is 14.4 Å². The molecule has 0 aliphatic rings. The van der Waals surface area contributed by atoms with Crippen LogP contribution in [0.2, 0.25) is 0 Å². The van der Waals surface area contributed by atoms with E-state index in [1.54, 1.807) is 0 Å². The molecule has 0 aromatic carbocycles. The van der Waals surface area contributed by atoms with Gasteiger partial charge in [-0.15, -0.1) is 0 Å². The quantitative estimate of drug-likeness (QED) is 0.444. The van der Waals surface area contributed by atoms with Crippen molar-refractivity contribution >= 4 is 17.9 Å². The topological polar surface area (TPSA) is 108 Å². The van der Waals surface area contributed by atoms with Crippen molar-refractivity contribution in [2.75, 3.05) is 26.4 Å². The van der Waals surface area contributed by atoms with Crippen LogP contribution in [0, 0.1) is 0 Å². The van der Waals surface area contributed by atoms with E-state index in [0.29, 0.717) is 0 Å². The Bertz CT molecular complexity index is 327. The third kappa shape index (κ3) is 10.3. The molecule has 0 fully saturated rings. The molecule has 0 aliphatic heterocycles. The molecular weight excluding hydrogens is 272 g/mol. The Balaban J connectivity index is 4.12. The maximum Gasteiger partial charge on any atom is 0.303 e. The molecule has 0 radical (unpaired) electrons. The summed E-state index contributed by atoms with van der Waals surface area (Å²) in [7, 11) is 0. The van der Waals surface area contributed by atoms with Gasteiger partial charge in [0, 0.05) is 20.8 Å². The van der Waals surface area contributed by atoms with Crippen molar-refractivity contribution in [2.45, 2.75) is 33.0 Å². The highest BCUT2D eigenvalue weighted by molar-refractivity contribution is 5.67. The summed E-state index contributed by atoms with van der Waals surface area (Å²) >= 11 is 0. The molecule has 8 nitrogen and oxygen atoms in total. The lowest BCUT2D eigenvalue weighted by atomic mass is 10.3. The van der Waals surface area contributed by atoms with Gasteiger partial charge in [0.05, 0.1) is 19.8 Å². The minimum Gasteiger partial charge on any atom is -0.462 e. The number of carbonyl (C=O) groups excluding carboxylic acids is 3. The van der Waals surface area contributed by atoms with Gasteiger partial charge < -0.3 is 24.1 Å². The van der Waals surface area contributed by atoms with E-state index in [-0.39, 0.29) is 26.4 Å². The number of hydrogen-bond donors (Lipinski definition) is 1. The third-order valence-corrected chi connectivity index (χ3v) is 1.95. The highest BCUT2D eigenvalue weighted by atomic mass is 16.6. The average Bonchev–Trinajstić information content (AvgIpc) is 2.33. The molecule has 0 aliphatic carbocycles. The molecular formula is C12H20O8. The van der Waals surface area contributed by atoms with Crippen molar-refractivity contribution < 1.29 is 38.4 Å². The van der Waals surface area contributed by atoms with Crippen LogP contribution in [0.5, 0.6) is 0 Å². The first-order valence-corrected chi connectivity index (χ1v) is 6.01. The number of hydrogen-bond acceptors (Lipinski definition) is 8. The number of aliphatic hydroxyl groups excluding tert-OH is 1. The molecule has 116 valence electrons. The summed E-state index contributed by atoms with van der Waals surface area (Å²) in [6, 6.07) is 0. The number of ether oxygens (including phenoxy) is 4. The van der Waals surface area contributed by atoms with Crippen LogP contribution in [0.1, 0.15) is 20.8 Å². The molecule has 0 heterocycles. The Morgan fingerprint density at radius 3 is 1.80 bits per heavy atom. The summed E-state index contributed by atoms with van der Waals surface area (Å²) in [4.78, 5) is 32.3. The third-order valence-electron chi connectivity index (χ3n) is 1.95. The molecule has 0 saturated carbocycles. The summed E-state index contributed by atoms with van der Waals surface area (Å²) in [5, 5.41) is 8.95. The van der Waals surface area contributed by atoms with Crippen molar-refractivity contribution in [3.8, 4) is 0 Å². The molecule has 2 unspecified atom stereocenters. The Morgan fingerprint density at radius 2 is 1.35 bits per heavy atom. The number of esters is 3. The first-order chi connectivity index (χ1) is 9.35. The molecule has 0 aromatic rings. The zero-order chi connectivity index (χ0) is 15.5. The molecule has 0 bridgehead atoms. The fraction of sp³-hybridized carbons (Fsp3) is 0.750. The van der Waals surface area contributed by atoms with Gasteiger partial charge in [-0.1, -0.05) is 0 Å². The molecule has 2 atom stereocenters. The van der Waals surface area contributed by atoms with E-state index in [4.69, 9.17) is 24.1 Å². The van der Waals surface area contributed by atoms with E-state index in [1.165, 1.54) is 20.8 Å². The van der Waals surface area contributed by atoms with Crippen LogP contribution in [-0.2, 0) is 33.3 Å². The fourth-order valence-corrected chi connectivity index (χ4v) is 1.25. The summed E-state index contributed by atoms with van der Waals surface area (Å²) in [5.41, 5.74) is 0. The Morgan fingerprint density at radius 1 is 0.850 bits per heavy atom. The molecule has 0 spiro atoms. The summed E-state index contributed by atoms with van der Waals surface area (Å²) in [5.74, 6) is -1.58. The SMILES string of the molecule is CC(=O)OCC(COCC(CO)OC(C)=O)OC(C)=O. The summed E-state index contributed by atoms with van der Waals surface area (Å²) < 4.78 is 19.5. The van der Waals surface area contributed by atoms with E-state index >= 15 is 0 Å². The van der Waals surface area contributed by atoms with Gasteiger partial charge in [-0.3, -0.25) is 14.4 Å². The van der Waals surface area contributed by atoms with Gasteiger partial charge in [0.1, 0.15) is 12.7 Å². The second-order valence-electron chi connectivity index (χ2n) is 3.99. The molecule has 0 amide bonds. The second kappa shape index (κ2) is 10.2. The fourth-order valence-electron chi connectivity index (χ4n) is 1.25. The number of rotatable bonds is 9. The van der Waals surface area contributed by atoms with Crippen molar-refractivity contribution in [3.63, 3.8) is 0 Å². The van der Waals surface area contributed by atoms with Crippen molar-refractivity contribution in [1.82, 2.24) is 0 Å². The predicted octanol–water partition coefficient (Wildman–Crippen LogP) is -0.578. The van der Waals surface area contributed by atoms with Gasteiger partial charge in [0.15, 0.2) is 6.10 Å². The highest BCUT2D eigenvalue weighted by Crippen LogP contribution is 2.00. The van der Waals surface area contributed by atoms with E-state index in [0.717, 1.165) is 0 Å². The Kier molecular flexibility index (Phi) is 9.31. The van der Waals surface area contributed by atoms with Gasteiger partial charge in [-0.2, -0.15) is 0 Å². The van der Waals surface area contributed by atoms with E-state index in [1.807, 2.05) is 0 Å². The maximum atomic E-state index is 10.9. The smallest absolute Gasteiger partial charge is 0.303 e. The number of aliphatic hydroxyl groups is 1. The Labute approximate surface area is 116 Å². The van der Waals surface area contributed by atoms with Gasteiger partial charge in [0.2, 0.25) is 0 Å². The van der Waals surface area contributed by atoms with Crippen LogP contribution in [0.4, 0.5) is 0 Å². The lowest BCUT2D eigenvalue weighted by Crippen LogP contribution is -2.32. The second-order valence-corrected chi connectivity index (χ2v) is 3.99. The van der Waals surface area contributed by atoms with Crippen LogP contribution >= 0.6 is 0 Å². The van der Waals surface area contributed by atoms with Crippen LogP contribution in [0.3, 0.4) is 0 Å². The monoisotopic (exact) mass is 292 g/mol. The first kappa shape index (κ1) is 18.3. The zero-order valence-electron chi connectivity index (χ0n) is 11.8. The van der Waals surface area contributed by atoms with E-state index < -0.39 is 30.1 Å². The molecule has 8 heteroatoms. The lowest BCUT2D eigenvalue weighted by molar-refractivity contribution is -0.163. The zero-order valence-corrected chi connectivity index (χ0v) is 11.8. The van der Waals surface area contributed by atoms with Gasteiger partial charge >= 0.3 is 17.9 Å². The van der Waals surface area contributed by atoms with Crippen molar-refractivity contribution in [3.05, 3.63) is 0 Å². The van der Waals surface area contributed by atoms with Crippen LogP contribution in [-0.4, -0.2) is 61.6 Å². The van der Waals surface area contributed by atoms with Gasteiger partial charge in [-0.25, -0.2) is 0 Å². The normalized spacial score (nSPS) is 13.2. The standard InChI is InChI=1S/C12H20O8/c1-8(14)18-7-12(20-10(3)16)6-17-5-11(4-13)19-9(2)15/h11-13H,4-7H2,1-3H3. The first-order valence-electron chi connectivity index (χ1n) is 6.01. The number of carbonyl (C=O) groups is 3. The van der Waals surface area contributed by atoms with Gasteiger partial charge in [0.25, 0.3) is 0 Å². The minimum atomic E-state index is -0.792. The van der Waals surface area contributed by atoms with Crippen LogP contribution < -0.4 is 0 Å². The summed E-state index contributed by atoms with van der Waals surface area (Å²) in [6.45, 7) is 3.03. The van der Waals surface area contributed by atoms with Gasteiger partial charge in [-0.05, 0) is 0 Å². The minimum absolute atomic E-state index is 0.0510. The van der Waals surface area contributed by atoms with Crippen LogP contribution in [0.15, 0.2) is 0 Å². The van der Waals surface area contributed by atoms with E-state index in [2.05, 4.69) is 0 Å². The predicted molar refractivity (Wildman–Crippen MR) is 65.6 cm³/mol. The van der Waals surface area contributed by atoms with Crippen LogP contribution in [0.25, 0.3) is 0 Å². The molecule has 20 heavy (non-hydrogen) atoms. The lowest BCUT2D eigenvalue weighted by Gasteiger charge is -2.19. The highest BCUT2D eigenvalue weighted by Gasteiger charge is 2.17. The Hall–Kier alpha value is -1.67. The molecule has 1 N–H and O–H groups in total. The maximum absolute atomic E-state index is 10.9.